The smallest absolute Gasteiger partial charge is 0.262 e. The fourth-order valence-corrected chi connectivity index (χ4v) is 11.8. The molecule has 20 heteroatoms. The van der Waals surface area contributed by atoms with Crippen LogP contribution in [0.2, 0.25) is 0 Å². The van der Waals surface area contributed by atoms with Crippen LogP contribution in [0.1, 0.15) is 88.7 Å². The van der Waals surface area contributed by atoms with Gasteiger partial charge in [-0.15, -0.1) is 11.8 Å². The Morgan fingerprint density at radius 3 is 2.47 bits per heavy atom. The number of rotatable bonds is 12. The third-order valence-electron chi connectivity index (χ3n) is 13.4. The number of hydrogen-bond acceptors (Lipinski definition) is 13. The first-order valence-electron chi connectivity index (χ1n) is 21.2. The average Bonchev–Trinajstić information content (AvgIpc) is 3.52. The van der Waals surface area contributed by atoms with Crippen LogP contribution in [0, 0.1) is 11.3 Å². The number of hydrogen-bond donors (Lipinski definition) is 5. The van der Waals surface area contributed by atoms with E-state index in [0.717, 1.165) is 54.7 Å². The zero-order chi connectivity index (χ0) is 43.5. The van der Waals surface area contributed by atoms with Crippen molar-refractivity contribution in [2.45, 2.75) is 80.6 Å². The highest BCUT2D eigenvalue weighted by Crippen LogP contribution is 2.54. The molecular formula is C42H50N8O10S2. The van der Waals surface area contributed by atoms with Crippen LogP contribution in [0.4, 0.5) is 0 Å². The molecule has 0 aromatic heterocycles. The quantitative estimate of drug-likeness (QED) is 0.179. The van der Waals surface area contributed by atoms with Gasteiger partial charge in [-0.05, 0) is 80.3 Å². The Morgan fingerprint density at radius 1 is 0.952 bits per heavy atom. The van der Waals surface area contributed by atoms with Gasteiger partial charge in [-0.1, -0.05) is 24.3 Å². The van der Waals surface area contributed by atoms with Gasteiger partial charge in [-0.2, -0.15) is 0 Å². The molecule has 0 bridgehead atoms. The third-order valence-corrected chi connectivity index (χ3v) is 15.8. The van der Waals surface area contributed by atoms with Gasteiger partial charge in [0.05, 0.1) is 48.3 Å². The number of fused-ring (bicyclic) bond motifs is 1. The minimum absolute atomic E-state index is 0.00284. The molecule has 1 saturated carbocycles. The predicted molar refractivity (Wildman–Crippen MR) is 224 cm³/mol. The number of carbonyl (C=O) groups excluding carboxylic acids is 7. The standard InChI is InChI=1S/C42H50N8O10S2/c1-62(58,59)49-14-10-26(19-49)36(53)44-18-35(52)47-41-45-31(22-61-41)25-4-2-3-23(15-25)24-9-13-43-33(16-24)42(11-12-42)40(57)48-20-28(21-48)60-27-5-6-29-30(17-27)39(56)50(38(29)55)32-7-8-34(51)46-37(32)54/h2-6,15,17,24,26,28,31-33,41,43,45H,7-14,16,18-22H2,1H3,(H,44,53)(H,47,52)(H,46,51,54). The lowest BCUT2D eigenvalue weighted by molar-refractivity contribution is -0.147. The molecule has 6 unspecified atom stereocenters. The SMILES string of the molecule is CS(=O)(=O)N1CCC(C(=O)NCC(=O)NC2NC(c3cccc(C4CCNC(C5(C(=O)N6CC(Oc7ccc8c(c7)C(=O)N(C7CCC(=O)NC7=O)C8=O)C6)CC5)C4)c3)CS2)C1. The average molecular weight is 891 g/mol. The molecule has 330 valence electrons. The van der Waals surface area contributed by atoms with Gasteiger partial charge >= 0.3 is 0 Å². The number of nitrogens with zero attached hydrogens (tertiary/aromatic N) is 3. The summed E-state index contributed by atoms with van der Waals surface area (Å²) in [5, 5.41) is 14.9. The Balaban J connectivity index is 0.742. The van der Waals surface area contributed by atoms with Gasteiger partial charge in [-0.25, -0.2) is 12.7 Å². The number of sulfonamides is 1. The van der Waals surface area contributed by atoms with E-state index in [1.807, 2.05) is 4.90 Å². The Bertz CT molecular complexity index is 2340. The van der Waals surface area contributed by atoms with Crippen molar-refractivity contribution in [3.8, 4) is 5.75 Å². The number of benzene rings is 2. The molecule has 9 rings (SSSR count). The zero-order valence-corrected chi connectivity index (χ0v) is 35.9. The van der Waals surface area contributed by atoms with Crippen molar-refractivity contribution in [3.05, 3.63) is 64.7 Å². The lowest BCUT2D eigenvalue weighted by atomic mass is 9.79. The number of amides is 7. The van der Waals surface area contributed by atoms with E-state index < -0.39 is 51.0 Å². The Morgan fingerprint density at radius 2 is 1.73 bits per heavy atom. The normalized spacial score (nSPS) is 28.6. The predicted octanol–water partition coefficient (Wildman–Crippen LogP) is 0.168. The first kappa shape index (κ1) is 42.4. The van der Waals surface area contributed by atoms with Crippen LogP contribution < -0.4 is 31.3 Å². The first-order chi connectivity index (χ1) is 29.7. The van der Waals surface area contributed by atoms with Crippen molar-refractivity contribution in [3.63, 3.8) is 0 Å². The van der Waals surface area contributed by atoms with Crippen molar-refractivity contribution in [1.29, 1.82) is 0 Å². The summed E-state index contributed by atoms with van der Waals surface area (Å²) in [6.07, 6.45) is 4.76. The van der Waals surface area contributed by atoms with Gasteiger partial charge in [0, 0.05) is 37.3 Å². The Hall–Kier alpha value is -4.89. The van der Waals surface area contributed by atoms with E-state index in [1.54, 1.807) is 17.8 Å². The Kier molecular flexibility index (Phi) is 11.4. The van der Waals surface area contributed by atoms with Gasteiger partial charge in [0.15, 0.2) is 0 Å². The van der Waals surface area contributed by atoms with Crippen LogP contribution in [0.25, 0.3) is 0 Å². The van der Waals surface area contributed by atoms with Gasteiger partial charge in [-0.3, -0.25) is 49.1 Å². The molecule has 62 heavy (non-hydrogen) atoms. The lowest BCUT2D eigenvalue weighted by Gasteiger charge is -2.43. The monoisotopic (exact) mass is 890 g/mol. The van der Waals surface area contributed by atoms with Crippen molar-refractivity contribution in [2.75, 3.05) is 51.3 Å². The van der Waals surface area contributed by atoms with Crippen molar-refractivity contribution < 1.29 is 46.7 Å². The fraction of sp³-hybridized carbons (Fsp3) is 0.548. The van der Waals surface area contributed by atoms with Gasteiger partial charge < -0.3 is 25.6 Å². The number of carbonyl (C=O) groups is 7. The van der Waals surface area contributed by atoms with Gasteiger partial charge in [0.2, 0.25) is 39.6 Å². The second kappa shape index (κ2) is 16.7. The largest absolute Gasteiger partial charge is 0.487 e. The van der Waals surface area contributed by atoms with Crippen LogP contribution in [-0.4, -0.2) is 139 Å². The topological polar surface area (TPSA) is 233 Å². The maximum Gasteiger partial charge on any atom is 0.262 e. The summed E-state index contributed by atoms with van der Waals surface area (Å²) in [5.74, 6) is -1.91. The summed E-state index contributed by atoms with van der Waals surface area (Å²) >= 11 is 1.57. The van der Waals surface area contributed by atoms with Crippen LogP contribution in [0.5, 0.6) is 5.75 Å². The summed E-state index contributed by atoms with van der Waals surface area (Å²) in [6, 6.07) is 12.1. The van der Waals surface area contributed by atoms with E-state index in [-0.39, 0.29) is 84.4 Å². The minimum atomic E-state index is -3.36. The van der Waals surface area contributed by atoms with Gasteiger partial charge in [0.1, 0.15) is 23.4 Å². The number of imide groups is 2. The summed E-state index contributed by atoms with van der Waals surface area (Å²) in [4.78, 5) is 92.5. The number of ether oxygens (including phenoxy) is 1. The van der Waals surface area contributed by atoms with E-state index in [1.165, 1.54) is 22.0 Å². The minimum Gasteiger partial charge on any atom is -0.487 e. The molecule has 6 atom stereocenters. The van der Waals surface area contributed by atoms with E-state index in [2.05, 4.69) is 50.8 Å². The molecule has 7 aliphatic rings. The summed E-state index contributed by atoms with van der Waals surface area (Å²) in [5.41, 5.74) is 1.84. The summed E-state index contributed by atoms with van der Waals surface area (Å²) in [7, 11) is -3.36. The molecule has 6 heterocycles. The van der Waals surface area contributed by atoms with Crippen LogP contribution >= 0.6 is 11.8 Å². The molecule has 5 N–H and O–H groups in total. The second-order valence-electron chi connectivity index (χ2n) is 17.5. The van der Waals surface area contributed by atoms with Crippen LogP contribution in [0.15, 0.2) is 42.5 Å². The van der Waals surface area contributed by atoms with E-state index in [4.69, 9.17) is 4.74 Å². The molecule has 7 amide bonds. The van der Waals surface area contributed by atoms with Crippen molar-refractivity contribution in [1.82, 2.24) is 40.7 Å². The van der Waals surface area contributed by atoms with E-state index in [0.29, 0.717) is 31.8 Å². The van der Waals surface area contributed by atoms with Crippen molar-refractivity contribution >= 4 is 63.1 Å². The summed E-state index contributed by atoms with van der Waals surface area (Å²) < 4.78 is 31.0. The fourth-order valence-electron chi connectivity index (χ4n) is 9.73. The highest BCUT2D eigenvalue weighted by Gasteiger charge is 2.59. The van der Waals surface area contributed by atoms with E-state index in [9.17, 15) is 42.0 Å². The van der Waals surface area contributed by atoms with Gasteiger partial charge in [0.25, 0.3) is 11.8 Å². The molecule has 0 radical (unpaired) electrons. The van der Waals surface area contributed by atoms with Crippen LogP contribution in [0.3, 0.4) is 0 Å². The highest BCUT2D eigenvalue weighted by molar-refractivity contribution is 8.00. The Labute approximate surface area is 363 Å². The van der Waals surface area contributed by atoms with Crippen molar-refractivity contribution in [2.24, 2.45) is 11.3 Å². The summed E-state index contributed by atoms with van der Waals surface area (Å²) in [6.45, 7) is 1.81. The molecular weight excluding hydrogens is 841 g/mol. The third kappa shape index (κ3) is 8.34. The van der Waals surface area contributed by atoms with E-state index >= 15 is 0 Å². The first-order valence-corrected chi connectivity index (χ1v) is 24.1. The molecule has 6 fully saturated rings. The molecule has 1 aliphatic carbocycles. The molecule has 18 nitrogen and oxygen atoms in total. The number of piperidine rings is 2. The number of nitrogens with one attached hydrogen (secondary N) is 5. The zero-order valence-electron chi connectivity index (χ0n) is 34.2. The molecule has 2 aromatic rings. The number of thioether (sulfide) groups is 1. The molecule has 6 aliphatic heterocycles. The second-order valence-corrected chi connectivity index (χ2v) is 20.6. The lowest BCUT2D eigenvalue weighted by Crippen LogP contribution is -2.60. The molecule has 2 aromatic carbocycles. The maximum atomic E-state index is 14.0. The maximum absolute atomic E-state index is 14.0. The number of likely N-dealkylation sites (tertiary alicyclic amines) is 1. The highest BCUT2D eigenvalue weighted by atomic mass is 32.2. The molecule has 0 spiro atoms. The molecule has 5 saturated heterocycles. The van der Waals surface area contributed by atoms with Crippen LogP contribution in [-0.2, 0) is 34.0 Å².